The van der Waals surface area contributed by atoms with E-state index < -0.39 is 0 Å². The van der Waals surface area contributed by atoms with Gasteiger partial charge in [0.1, 0.15) is 0 Å². The maximum absolute atomic E-state index is 10.7. The highest BCUT2D eigenvalue weighted by Gasteiger charge is 2.08. The van der Waals surface area contributed by atoms with E-state index in [1.54, 1.807) is 6.07 Å². The number of carbonyl (C=O) groups is 1. The van der Waals surface area contributed by atoms with Gasteiger partial charge >= 0.3 is 0 Å². The number of methoxy groups -OCH3 is 1. The standard InChI is InChI=1S/C10H12ClNO3/c1-6(13)12-5-7-3-10(15-2)9(14)4-8(7)11/h3-4,14H,5H2,1-2H3,(H,12,13). The van der Waals surface area contributed by atoms with Gasteiger partial charge in [0.2, 0.25) is 5.91 Å². The first-order valence-corrected chi connectivity index (χ1v) is 4.72. The lowest BCUT2D eigenvalue weighted by atomic mass is 10.2. The van der Waals surface area contributed by atoms with E-state index in [2.05, 4.69) is 5.32 Å². The van der Waals surface area contributed by atoms with Crippen LogP contribution in [0.4, 0.5) is 0 Å². The number of nitrogens with one attached hydrogen (secondary N) is 1. The van der Waals surface area contributed by atoms with Crippen LogP contribution >= 0.6 is 11.6 Å². The Balaban J connectivity index is 2.92. The summed E-state index contributed by atoms with van der Waals surface area (Å²) in [6, 6.07) is 2.98. The monoisotopic (exact) mass is 229 g/mol. The van der Waals surface area contributed by atoms with Gasteiger partial charge in [0, 0.05) is 24.6 Å². The minimum absolute atomic E-state index is 0.0194. The van der Waals surface area contributed by atoms with Crippen molar-refractivity contribution in [3.05, 3.63) is 22.7 Å². The Labute approximate surface area is 92.8 Å². The predicted molar refractivity (Wildman–Crippen MR) is 57.2 cm³/mol. The molecule has 1 aromatic carbocycles. The number of amides is 1. The minimum Gasteiger partial charge on any atom is -0.504 e. The molecule has 2 N–H and O–H groups in total. The lowest BCUT2D eigenvalue weighted by molar-refractivity contribution is -0.119. The molecular weight excluding hydrogens is 218 g/mol. The predicted octanol–water partition coefficient (Wildman–Crippen LogP) is 1.69. The van der Waals surface area contributed by atoms with Gasteiger partial charge in [-0.1, -0.05) is 11.6 Å². The van der Waals surface area contributed by atoms with Crippen molar-refractivity contribution in [1.29, 1.82) is 0 Å². The van der Waals surface area contributed by atoms with Crippen molar-refractivity contribution in [3.63, 3.8) is 0 Å². The zero-order valence-corrected chi connectivity index (χ0v) is 9.26. The number of rotatable bonds is 3. The molecule has 0 unspecified atom stereocenters. The van der Waals surface area contributed by atoms with Crippen LogP contribution in [0.1, 0.15) is 12.5 Å². The van der Waals surface area contributed by atoms with Gasteiger partial charge in [-0.3, -0.25) is 4.79 Å². The van der Waals surface area contributed by atoms with E-state index >= 15 is 0 Å². The van der Waals surface area contributed by atoms with Gasteiger partial charge in [0.15, 0.2) is 11.5 Å². The molecular formula is C10H12ClNO3. The molecule has 0 atom stereocenters. The Morgan fingerprint density at radius 1 is 1.60 bits per heavy atom. The average molecular weight is 230 g/mol. The topological polar surface area (TPSA) is 58.6 Å². The Hall–Kier alpha value is -1.42. The number of aromatic hydroxyl groups is 1. The van der Waals surface area contributed by atoms with Crippen LogP contribution in [0.2, 0.25) is 5.02 Å². The van der Waals surface area contributed by atoms with Crippen LogP contribution in [-0.2, 0) is 11.3 Å². The van der Waals surface area contributed by atoms with Gasteiger partial charge in [-0.05, 0) is 11.6 Å². The molecule has 82 valence electrons. The molecule has 0 bridgehead atoms. The fourth-order valence-electron chi connectivity index (χ4n) is 1.10. The maximum Gasteiger partial charge on any atom is 0.217 e. The average Bonchev–Trinajstić information content (AvgIpc) is 2.16. The summed E-state index contributed by atoms with van der Waals surface area (Å²) in [5.74, 6) is 0.173. The largest absolute Gasteiger partial charge is 0.504 e. The number of hydrogen-bond acceptors (Lipinski definition) is 3. The molecule has 0 heterocycles. The van der Waals surface area contributed by atoms with E-state index in [0.717, 1.165) is 0 Å². The van der Waals surface area contributed by atoms with Crippen LogP contribution in [0, 0.1) is 0 Å². The second-order valence-electron chi connectivity index (χ2n) is 3.03. The molecule has 5 heteroatoms. The molecule has 0 radical (unpaired) electrons. The van der Waals surface area contributed by atoms with Crippen molar-refractivity contribution in [2.75, 3.05) is 7.11 Å². The van der Waals surface area contributed by atoms with Crippen molar-refractivity contribution in [1.82, 2.24) is 5.32 Å². The molecule has 1 aromatic rings. The smallest absolute Gasteiger partial charge is 0.217 e. The van der Waals surface area contributed by atoms with Crippen molar-refractivity contribution in [2.45, 2.75) is 13.5 Å². The quantitative estimate of drug-likeness (QED) is 0.829. The third-order valence-corrected chi connectivity index (χ3v) is 2.23. The number of carbonyl (C=O) groups excluding carboxylic acids is 1. The summed E-state index contributed by atoms with van der Waals surface area (Å²) in [5, 5.41) is 12.4. The first kappa shape index (κ1) is 11.7. The fraction of sp³-hybridized carbons (Fsp3) is 0.300. The summed E-state index contributed by atoms with van der Waals surface area (Å²) in [4.78, 5) is 10.7. The number of phenols is 1. The van der Waals surface area contributed by atoms with Crippen LogP contribution in [0.5, 0.6) is 11.5 Å². The third kappa shape index (κ3) is 3.02. The number of halogens is 1. The maximum atomic E-state index is 10.7. The van der Waals surface area contributed by atoms with Crippen LogP contribution in [-0.4, -0.2) is 18.1 Å². The summed E-state index contributed by atoms with van der Waals surface area (Å²) < 4.78 is 4.93. The molecule has 0 saturated carbocycles. The number of benzene rings is 1. The highest BCUT2D eigenvalue weighted by Crippen LogP contribution is 2.31. The lowest BCUT2D eigenvalue weighted by Gasteiger charge is -2.09. The van der Waals surface area contributed by atoms with Crippen molar-refractivity contribution >= 4 is 17.5 Å². The number of ether oxygens (including phenoxy) is 1. The normalized spacial score (nSPS) is 9.80. The van der Waals surface area contributed by atoms with E-state index in [4.69, 9.17) is 16.3 Å². The highest BCUT2D eigenvalue weighted by molar-refractivity contribution is 6.31. The van der Waals surface area contributed by atoms with E-state index in [-0.39, 0.29) is 11.7 Å². The molecule has 0 aliphatic heterocycles. The first-order chi connectivity index (χ1) is 7.04. The van der Waals surface area contributed by atoms with Crippen LogP contribution < -0.4 is 10.1 Å². The molecule has 15 heavy (non-hydrogen) atoms. The van der Waals surface area contributed by atoms with Gasteiger partial charge in [-0.15, -0.1) is 0 Å². The Morgan fingerprint density at radius 2 is 2.27 bits per heavy atom. The number of phenolic OH excluding ortho intramolecular Hbond substituents is 1. The van der Waals surface area contributed by atoms with E-state index in [9.17, 15) is 9.90 Å². The second kappa shape index (κ2) is 4.89. The van der Waals surface area contributed by atoms with Gasteiger partial charge in [0.25, 0.3) is 0 Å². The molecule has 0 aliphatic carbocycles. The Kier molecular flexibility index (Phi) is 3.80. The molecule has 0 aromatic heterocycles. The third-order valence-electron chi connectivity index (χ3n) is 1.88. The summed E-state index contributed by atoms with van der Waals surface area (Å²) in [5.41, 5.74) is 0.696. The Bertz CT molecular complexity index is 379. The Morgan fingerprint density at radius 3 is 2.80 bits per heavy atom. The highest BCUT2D eigenvalue weighted by atomic mass is 35.5. The minimum atomic E-state index is -0.141. The molecule has 0 saturated heterocycles. The van der Waals surface area contributed by atoms with Gasteiger partial charge in [-0.25, -0.2) is 0 Å². The van der Waals surface area contributed by atoms with E-state index in [0.29, 0.717) is 22.9 Å². The number of hydrogen-bond donors (Lipinski definition) is 2. The lowest BCUT2D eigenvalue weighted by Crippen LogP contribution is -2.19. The van der Waals surface area contributed by atoms with Crippen molar-refractivity contribution < 1.29 is 14.6 Å². The SMILES string of the molecule is COc1cc(CNC(C)=O)c(Cl)cc1O. The molecule has 0 spiro atoms. The summed E-state index contributed by atoms with van der Waals surface area (Å²) in [7, 11) is 1.45. The van der Waals surface area contributed by atoms with Crippen molar-refractivity contribution in [3.8, 4) is 11.5 Å². The van der Waals surface area contributed by atoms with Gasteiger partial charge in [0.05, 0.1) is 7.11 Å². The zero-order chi connectivity index (χ0) is 11.4. The second-order valence-corrected chi connectivity index (χ2v) is 3.43. The molecule has 4 nitrogen and oxygen atoms in total. The molecule has 1 rings (SSSR count). The van der Waals surface area contributed by atoms with E-state index in [1.165, 1.54) is 20.1 Å². The summed E-state index contributed by atoms with van der Waals surface area (Å²) in [6.45, 7) is 1.73. The zero-order valence-electron chi connectivity index (χ0n) is 8.50. The van der Waals surface area contributed by atoms with Crippen LogP contribution in [0.3, 0.4) is 0 Å². The molecule has 0 fully saturated rings. The van der Waals surface area contributed by atoms with E-state index in [1.807, 2.05) is 0 Å². The van der Waals surface area contributed by atoms with Gasteiger partial charge in [-0.2, -0.15) is 0 Å². The van der Waals surface area contributed by atoms with Crippen LogP contribution in [0.15, 0.2) is 12.1 Å². The first-order valence-electron chi connectivity index (χ1n) is 4.34. The summed E-state index contributed by atoms with van der Waals surface area (Å²) in [6.07, 6.45) is 0. The summed E-state index contributed by atoms with van der Waals surface area (Å²) >= 11 is 5.88. The van der Waals surface area contributed by atoms with Crippen LogP contribution in [0.25, 0.3) is 0 Å². The van der Waals surface area contributed by atoms with Crippen molar-refractivity contribution in [2.24, 2.45) is 0 Å². The molecule has 0 aliphatic rings. The van der Waals surface area contributed by atoms with Gasteiger partial charge < -0.3 is 15.2 Å². The molecule has 1 amide bonds. The fourth-order valence-corrected chi connectivity index (χ4v) is 1.33.